The Hall–Kier alpha value is -1.82. The molecule has 1 N–H and O–H groups in total. The van der Waals surface area contributed by atoms with Crippen molar-refractivity contribution in [2.75, 3.05) is 7.11 Å². The second-order valence-electron chi connectivity index (χ2n) is 2.49. The van der Waals surface area contributed by atoms with Crippen LogP contribution < -0.4 is 0 Å². The van der Waals surface area contributed by atoms with E-state index in [0.717, 1.165) is 19.6 Å². The Balaban J connectivity index is 0. The van der Waals surface area contributed by atoms with Crippen LogP contribution in [0.1, 0.15) is 19.3 Å². The maximum Gasteiger partial charge on any atom is 0.287 e. The number of allylic oxidation sites excluding steroid dienone is 2. The van der Waals surface area contributed by atoms with Crippen LogP contribution in [0.3, 0.4) is 0 Å². The molecule has 0 unspecified atom stereocenters. The zero-order chi connectivity index (χ0) is 12.8. The first-order valence-corrected chi connectivity index (χ1v) is 4.57. The van der Waals surface area contributed by atoms with Gasteiger partial charge in [-0.05, 0) is 19.6 Å². The van der Waals surface area contributed by atoms with Crippen LogP contribution >= 0.6 is 0 Å². The summed E-state index contributed by atoms with van der Waals surface area (Å²) < 4.78 is 0. The molecule has 0 aromatic carbocycles. The molecule has 0 aliphatic carbocycles. The van der Waals surface area contributed by atoms with Crippen molar-refractivity contribution in [1.29, 1.82) is 0 Å². The van der Waals surface area contributed by atoms with Gasteiger partial charge in [0.15, 0.2) is 0 Å². The van der Waals surface area contributed by atoms with Crippen molar-refractivity contribution >= 4 is 13.0 Å². The third kappa shape index (κ3) is 10.3. The molecule has 0 amide bonds. The summed E-state index contributed by atoms with van der Waals surface area (Å²) in [6.07, 6.45) is 6.72. The van der Waals surface area contributed by atoms with Gasteiger partial charge in [0, 0.05) is 19.6 Å². The van der Waals surface area contributed by atoms with Crippen LogP contribution in [0, 0.1) is 10.1 Å². The number of aliphatic hydroxyl groups is 1. The predicted molar refractivity (Wildman–Crippen MR) is 61.8 cm³/mol. The van der Waals surface area contributed by atoms with Crippen LogP contribution in [-0.4, -0.2) is 30.1 Å². The van der Waals surface area contributed by atoms with Gasteiger partial charge in [-0.2, -0.15) is 0 Å². The van der Waals surface area contributed by atoms with E-state index in [-0.39, 0.29) is 5.70 Å². The Labute approximate surface area is 94.2 Å². The molecule has 0 saturated heterocycles. The third-order valence-electron chi connectivity index (χ3n) is 1.42. The minimum atomic E-state index is -0.537. The van der Waals surface area contributed by atoms with Crippen molar-refractivity contribution in [2.45, 2.75) is 19.3 Å². The molecular weight excluding hydrogens is 212 g/mol. The van der Waals surface area contributed by atoms with E-state index in [4.69, 9.17) is 5.11 Å². The Morgan fingerprint density at radius 1 is 1.50 bits per heavy atom. The fourth-order valence-electron chi connectivity index (χ4n) is 0.768. The summed E-state index contributed by atoms with van der Waals surface area (Å²) in [7, 11) is 1.00. The van der Waals surface area contributed by atoms with Gasteiger partial charge >= 0.3 is 0 Å². The number of nitrogens with zero attached hydrogens (tertiary/aromatic N) is 2. The second-order valence-corrected chi connectivity index (χ2v) is 2.49. The van der Waals surface area contributed by atoms with Crippen LogP contribution in [0.4, 0.5) is 0 Å². The lowest BCUT2D eigenvalue weighted by atomic mass is 10.2. The van der Waals surface area contributed by atoms with E-state index in [0.29, 0.717) is 19.3 Å². The maximum atomic E-state index is 10.4. The van der Waals surface area contributed by atoms with Crippen molar-refractivity contribution < 1.29 is 14.8 Å². The topological polar surface area (TPSA) is 92.8 Å². The van der Waals surface area contributed by atoms with Crippen molar-refractivity contribution in [1.82, 2.24) is 0 Å². The lowest BCUT2D eigenvalue weighted by Gasteiger charge is -1.89. The van der Waals surface area contributed by atoms with Crippen LogP contribution in [-0.2, 0) is 4.79 Å². The average molecular weight is 228 g/mol. The number of hydrogen-bond donors (Lipinski definition) is 1. The standard InChI is InChI=1S/C9H12N2O3.CH4O/c1-10-8-9(11(13)14)6-4-2-3-5-7-12;1-2/h4,6-8H,1-3,5H2;2H,1H3/b6-4-,9-8+;. The Bertz CT molecular complexity index is 272. The molecule has 90 valence electrons. The molecule has 0 radical (unpaired) electrons. The molecule has 0 aromatic heterocycles. The first-order valence-electron chi connectivity index (χ1n) is 4.57. The molecule has 0 bridgehead atoms. The zero-order valence-electron chi connectivity index (χ0n) is 9.20. The molecule has 0 atom stereocenters. The summed E-state index contributed by atoms with van der Waals surface area (Å²) in [6.45, 7) is 3.13. The van der Waals surface area contributed by atoms with Gasteiger partial charge in [-0.1, -0.05) is 6.08 Å². The van der Waals surface area contributed by atoms with Gasteiger partial charge in [-0.15, -0.1) is 0 Å². The Morgan fingerprint density at radius 3 is 2.56 bits per heavy atom. The van der Waals surface area contributed by atoms with E-state index >= 15 is 0 Å². The fourth-order valence-corrected chi connectivity index (χ4v) is 0.768. The molecule has 16 heavy (non-hydrogen) atoms. The number of hydrogen-bond acceptors (Lipinski definition) is 5. The van der Waals surface area contributed by atoms with E-state index in [2.05, 4.69) is 11.7 Å². The number of nitro groups is 1. The first kappa shape index (κ1) is 16.6. The number of carbonyl (C=O) groups is 1. The van der Waals surface area contributed by atoms with Crippen molar-refractivity contribution in [3.8, 4) is 0 Å². The van der Waals surface area contributed by atoms with Crippen LogP contribution in [0.2, 0.25) is 0 Å². The Kier molecular flexibility index (Phi) is 13.7. The number of aldehydes is 1. The number of aliphatic hydroxyl groups excluding tert-OH is 1. The normalized spacial score (nSPS) is 10.5. The van der Waals surface area contributed by atoms with Crippen molar-refractivity contribution in [3.63, 3.8) is 0 Å². The van der Waals surface area contributed by atoms with Crippen molar-refractivity contribution in [3.05, 3.63) is 34.2 Å². The summed E-state index contributed by atoms with van der Waals surface area (Å²) in [6, 6.07) is 0. The van der Waals surface area contributed by atoms with Gasteiger partial charge in [-0.25, -0.2) is 0 Å². The monoisotopic (exact) mass is 228 g/mol. The minimum Gasteiger partial charge on any atom is -0.400 e. The summed E-state index contributed by atoms with van der Waals surface area (Å²) in [5, 5.41) is 17.4. The highest BCUT2D eigenvalue weighted by atomic mass is 16.6. The quantitative estimate of drug-likeness (QED) is 0.178. The van der Waals surface area contributed by atoms with Gasteiger partial charge in [0.05, 0.1) is 4.92 Å². The number of unbranched alkanes of at least 4 members (excludes halogenated alkanes) is 2. The molecule has 6 nitrogen and oxygen atoms in total. The van der Waals surface area contributed by atoms with E-state index in [1.807, 2.05) is 0 Å². The van der Waals surface area contributed by atoms with Crippen molar-refractivity contribution in [2.24, 2.45) is 4.99 Å². The lowest BCUT2D eigenvalue weighted by Crippen LogP contribution is -1.94. The zero-order valence-corrected chi connectivity index (χ0v) is 9.20. The molecular formula is C10H16N2O4. The average Bonchev–Trinajstić information content (AvgIpc) is 2.30. The summed E-state index contributed by atoms with van der Waals surface area (Å²) >= 11 is 0. The molecule has 0 aromatic rings. The molecule has 0 spiro atoms. The highest BCUT2D eigenvalue weighted by Gasteiger charge is 2.03. The smallest absolute Gasteiger partial charge is 0.287 e. The van der Waals surface area contributed by atoms with Crippen LogP contribution in [0.25, 0.3) is 0 Å². The van der Waals surface area contributed by atoms with E-state index < -0.39 is 4.92 Å². The highest BCUT2D eigenvalue weighted by molar-refractivity contribution is 5.49. The number of carbonyl (C=O) groups excluding carboxylic acids is 1. The molecule has 0 aliphatic rings. The summed E-state index contributed by atoms with van der Waals surface area (Å²) in [5.74, 6) is 0. The molecule has 0 heterocycles. The minimum absolute atomic E-state index is 0.105. The van der Waals surface area contributed by atoms with E-state index in [1.54, 1.807) is 6.08 Å². The van der Waals surface area contributed by atoms with Gasteiger partial charge in [-0.3, -0.25) is 15.1 Å². The van der Waals surface area contributed by atoms with E-state index in [1.165, 1.54) is 6.08 Å². The SMILES string of the molecule is C=N/C=C(\C=C/CCCC=O)[N+](=O)[O-].CO. The largest absolute Gasteiger partial charge is 0.400 e. The van der Waals surface area contributed by atoms with Gasteiger partial charge in [0.25, 0.3) is 5.70 Å². The van der Waals surface area contributed by atoms with Crippen LogP contribution in [0.5, 0.6) is 0 Å². The maximum absolute atomic E-state index is 10.4. The molecule has 0 fully saturated rings. The Morgan fingerprint density at radius 2 is 2.12 bits per heavy atom. The number of rotatable bonds is 7. The summed E-state index contributed by atoms with van der Waals surface area (Å²) in [5.41, 5.74) is -0.105. The molecule has 6 heteroatoms. The highest BCUT2D eigenvalue weighted by Crippen LogP contribution is 2.01. The first-order chi connectivity index (χ1) is 7.72. The van der Waals surface area contributed by atoms with Crippen LogP contribution in [0.15, 0.2) is 29.0 Å². The van der Waals surface area contributed by atoms with Gasteiger partial charge in [0.2, 0.25) is 0 Å². The van der Waals surface area contributed by atoms with E-state index in [9.17, 15) is 14.9 Å². The number of aliphatic imine (C=N–C) groups is 1. The lowest BCUT2D eigenvalue weighted by molar-refractivity contribution is -0.419. The molecule has 0 rings (SSSR count). The molecule has 0 aliphatic heterocycles. The second kappa shape index (κ2) is 13.2. The summed E-state index contributed by atoms with van der Waals surface area (Å²) in [4.78, 5) is 23.1. The molecule has 0 saturated carbocycles. The third-order valence-corrected chi connectivity index (χ3v) is 1.42. The van der Waals surface area contributed by atoms with Gasteiger partial charge < -0.3 is 9.90 Å². The van der Waals surface area contributed by atoms with Gasteiger partial charge in [0.1, 0.15) is 12.5 Å². The predicted octanol–water partition coefficient (Wildman–Crippen LogP) is 1.34. The fraction of sp³-hybridized carbons (Fsp3) is 0.400.